The lowest BCUT2D eigenvalue weighted by atomic mass is 10.0. The Bertz CT molecular complexity index is 679. The molecule has 0 radical (unpaired) electrons. The number of ketones is 1. The second-order valence-corrected chi connectivity index (χ2v) is 5.79. The molecule has 0 spiro atoms. The third-order valence-electron chi connectivity index (χ3n) is 3.30. The summed E-state index contributed by atoms with van der Waals surface area (Å²) in [6.07, 6.45) is 0.335. The highest BCUT2D eigenvalue weighted by atomic mass is 127. The number of fused-ring (bicyclic) bond motifs is 1. The maximum absolute atomic E-state index is 12.3. The van der Waals surface area contributed by atoms with Crippen molar-refractivity contribution in [3.63, 3.8) is 0 Å². The Balaban J connectivity index is 1.81. The van der Waals surface area contributed by atoms with Gasteiger partial charge in [-0.15, -0.1) is 0 Å². The lowest BCUT2D eigenvalue weighted by Crippen LogP contribution is -2.05. The highest BCUT2D eigenvalue weighted by Crippen LogP contribution is 2.35. The maximum atomic E-state index is 12.3. The zero-order valence-corrected chi connectivity index (χ0v) is 13.5. The minimum absolute atomic E-state index is 0.0643. The number of hydrogen-bond acceptors (Lipinski definition) is 4. The molecule has 1 heterocycles. The number of carbonyl (C=O) groups is 1. The average Bonchev–Trinajstić information content (AvgIpc) is 2.94. The first-order chi connectivity index (χ1) is 10.2. The zero-order chi connectivity index (χ0) is 14.8. The van der Waals surface area contributed by atoms with Crippen LogP contribution in [-0.4, -0.2) is 19.7 Å². The standard InChI is InChI=1S/C16H13IO4/c1-19-12-4-2-10(3-5-12)14(18)6-11-7-15-16(8-13(11)17)21-9-20-15/h2-5,7-8H,6,9H2,1H3. The molecule has 0 saturated carbocycles. The van der Waals surface area contributed by atoms with Crippen LogP contribution in [0, 0.1) is 3.57 Å². The Kier molecular flexibility index (Phi) is 4.01. The van der Waals surface area contributed by atoms with E-state index in [9.17, 15) is 4.79 Å². The zero-order valence-electron chi connectivity index (χ0n) is 11.4. The van der Waals surface area contributed by atoms with E-state index in [1.54, 1.807) is 31.4 Å². The van der Waals surface area contributed by atoms with E-state index in [1.807, 2.05) is 12.1 Å². The van der Waals surface area contributed by atoms with Gasteiger partial charge in [0.15, 0.2) is 17.3 Å². The van der Waals surface area contributed by atoms with E-state index in [1.165, 1.54) is 0 Å². The van der Waals surface area contributed by atoms with E-state index in [0.29, 0.717) is 17.7 Å². The largest absolute Gasteiger partial charge is 0.497 e. The van der Waals surface area contributed by atoms with Crippen LogP contribution in [0.1, 0.15) is 15.9 Å². The van der Waals surface area contributed by atoms with Crippen molar-refractivity contribution in [2.75, 3.05) is 13.9 Å². The molecule has 0 unspecified atom stereocenters. The van der Waals surface area contributed by atoms with Gasteiger partial charge in [-0.25, -0.2) is 0 Å². The van der Waals surface area contributed by atoms with E-state index < -0.39 is 0 Å². The molecule has 2 aromatic carbocycles. The van der Waals surface area contributed by atoms with Crippen LogP contribution in [0.5, 0.6) is 17.2 Å². The molecule has 0 atom stereocenters. The van der Waals surface area contributed by atoms with Gasteiger partial charge >= 0.3 is 0 Å². The van der Waals surface area contributed by atoms with Crippen molar-refractivity contribution in [3.8, 4) is 17.2 Å². The predicted octanol–water partition coefficient (Wildman–Crippen LogP) is 3.45. The van der Waals surface area contributed by atoms with E-state index in [2.05, 4.69) is 22.6 Å². The fourth-order valence-electron chi connectivity index (χ4n) is 2.15. The van der Waals surface area contributed by atoms with Crippen LogP contribution in [0.3, 0.4) is 0 Å². The monoisotopic (exact) mass is 396 g/mol. The maximum Gasteiger partial charge on any atom is 0.231 e. The summed E-state index contributed by atoms with van der Waals surface area (Å²) in [5.41, 5.74) is 1.62. The summed E-state index contributed by atoms with van der Waals surface area (Å²) in [6, 6.07) is 10.9. The summed E-state index contributed by atoms with van der Waals surface area (Å²) in [7, 11) is 1.60. The summed E-state index contributed by atoms with van der Waals surface area (Å²) in [6.45, 7) is 0.237. The van der Waals surface area contributed by atoms with Crippen LogP contribution in [0.2, 0.25) is 0 Å². The Morgan fingerprint density at radius 3 is 2.52 bits per heavy atom. The van der Waals surface area contributed by atoms with Crippen molar-refractivity contribution in [2.24, 2.45) is 0 Å². The van der Waals surface area contributed by atoms with Gasteiger partial charge in [0.2, 0.25) is 6.79 Å². The first-order valence-electron chi connectivity index (χ1n) is 6.42. The van der Waals surface area contributed by atoms with Gasteiger partial charge in [0, 0.05) is 15.6 Å². The molecular formula is C16H13IO4. The Morgan fingerprint density at radius 1 is 1.19 bits per heavy atom. The second-order valence-electron chi connectivity index (χ2n) is 4.63. The van der Waals surface area contributed by atoms with Gasteiger partial charge in [0.05, 0.1) is 7.11 Å². The quantitative estimate of drug-likeness (QED) is 0.587. The first-order valence-corrected chi connectivity index (χ1v) is 7.50. The third-order valence-corrected chi connectivity index (χ3v) is 4.31. The molecule has 0 amide bonds. The van der Waals surface area contributed by atoms with E-state index >= 15 is 0 Å². The number of rotatable bonds is 4. The smallest absolute Gasteiger partial charge is 0.231 e. The molecule has 0 aliphatic carbocycles. The molecule has 1 aliphatic heterocycles. The van der Waals surface area contributed by atoms with Crippen molar-refractivity contribution < 1.29 is 19.0 Å². The predicted molar refractivity (Wildman–Crippen MR) is 86.3 cm³/mol. The summed E-state index contributed by atoms with van der Waals surface area (Å²) < 4.78 is 16.8. The van der Waals surface area contributed by atoms with E-state index in [4.69, 9.17) is 14.2 Å². The van der Waals surface area contributed by atoms with Gasteiger partial charge in [0.25, 0.3) is 0 Å². The molecule has 0 N–H and O–H groups in total. The number of methoxy groups -OCH3 is 1. The molecule has 5 heteroatoms. The summed E-state index contributed by atoms with van der Waals surface area (Å²) in [4.78, 5) is 12.3. The lowest BCUT2D eigenvalue weighted by Gasteiger charge is -2.07. The summed E-state index contributed by atoms with van der Waals surface area (Å²) in [5, 5.41) is 0. The van der Waals surface area contributed by atoms with Gasteiger partial charge in [-0.2, -0.15) is 0 Å². The third kappa shape index (κ3) is 2.97. The molecule has 3 rings (SSSR count). The topological polar surface area (TPSA) is 44.8 Å². The fraction of sp³-hybridized carbons (Fsp3) is 0.188. The van der Waals surface area contributed by atoms with Crippen LogP contribution in [0.15, 0.2) is 36.4 Å². The Labute approximate surface area is 136 Å². The molecule has 1 aliphatic rings. The molecule has 0 fully saturated rings. The lowest BCUT2D eigenvalue weighted by molar-refractivity contribution is 0.0992. The molecular weight excluding hydrogens is 383 g/mol. The minimum atomic E-state index is 0.0643. The van der Waals surface area contributed by atoms with Crippen LogP contribution in [0.4, 0.5) is 0 Å². The molecule has 4 nitrogen and oxygen atoms in total. The summed E-state index contributed by atoms with van der Waals surface area (Å²) >= 11 is 2.21. The van der Waals surface area contributed by atoms with Crippen LogP contribution in [-0.2, 0) is 6.42 Å². The van der Waals surface area contributed by atoms with Crippen LogP contribution < -0.4 is 14.2 Å². The Hall–Kier alpha value is -1.76. The average molecular weight is 396 g/mol. The second kappa shape index (κ2) is 5.93. The van der Waals surface area contributed by atoms with E-state index in [0.717, 1.165) is 20.6 Å². The molecule has 0 aromatic heterocycles. The minimum Gasteiger partial charge on any atom is -0.497 e. The van der Waals surface area contributed by atoms with Crippen LogP contribution >= 0.6 is 22.6 Å². The van der Waals surface area contributed by atoms with Gasteiger partial charge < -0.3 is 14.2 Å². The number of ether oxygens (including phenoxy) is 3. The molecule has 21 heavy (non-hydrogen) atoms. The fourth-order valence-corrected chi connectivity index (χ4v) is 2.78. The van der Waals surface area contributed by atoms with Gasteiger partial charge in [-0.1, -0.05) is 0 Å². The van der Waals surface area contributed by atoms with Crippen LogP contribution in [0.25, 0.3) is 0 Å². The summed E-state index contributed by atoms with van der Waals surface area (Å²) in [5.74, 6) is 2.24. The van der Waals surface area contributed by atoms with Crippen molar-refractivity contribution in [2.45, 2.75) is 6.42 Å². The Morgan fingerprint density at radius 2 is 1.86 bits per heavy atom. The van der Waals surface area contributed by atoms with Crippen molar-refractivity contribution in [1.29, 1.82) is 0 Å². The van der Waals surface area contributed by atoms with Crippen molar-refractivity contribution >= 4 is 28.4 Å². The first kappa shape index (κ1) is 14.2. The number of carbonyl (C=O) groups excluding carboxylic acids is 1. The van der Waals surface area contributed by atoms with Gasteiger partial charge in [0.1, 0.15) is 5.75 Å². The molecule has 2 aromatic rings. The van der Waals surface area contributed by atoms with Gasteiger partial charge in [-0.3, -0.25) is 4.79 Å². The van der Waals surface area contributed by atoms with E-state index in [-0.39, 0.29) is 12.6 Å². The van der Waals surface area contributed by atoms with Crippen molar-refractivity contribution in [1.82, 2.24) is 0 Å². The number of hydrogen-bond donors (Lipinski definition) is 0. The van der Waals surface area contributed by atoms with Crippen molar-refractivity contribution in [3.05, 3.63) is 51.1 Å². The molecule has 0 saturated heterocycles. The highest BCUT2D eigenvalue weighted by Gasteiger charge is 2.18. The number of Topliss-reactive ketones (excluding diaryl/α,β-unsaturated/α-hetero) is 1. The number of halogens is 1. The number of benzene rings is 2. The molecule has 108 valence electrons. The molecule has 0 bridgehead atoms. The highest BCUT2D eigenvalue weighted by molar-refractivity contribution is 14.1. The normalized spacial score (nSPS) is 12.3. The SMILES string of the molecule is COc1ccc(C(=O)Cc2cc3c(cc2I)OCO3)cc1. The van der Waals surface area contributed by atoms with Gasteiger partial charge in [-0.05, 0) is 64.6 Å².